The van der Waals surface area contributed by atoms with E-state index < -0.39 is 6.72 Å². The first kappa shape index (κ1) is 14.5. The molecule has 0 aromatic heterocycles. The van der Waals surface area contributed by atoms with Crippen molar-refractivity contribution in [1.82, 2.24) is 5.09 Å². The molecule has 4 nitrogen and oxygen atoms in total. The molecule has 0 spiro atoms. The summed E-state index contributed by atoms with van der Waals surface area (Å²) >= 11 is 1.00. The van der Waals surface area contributed by atoms with Gasteiger partial charge in [-0.25, -0.2) is 0 Å². The normalized spacial score (nSPS) is 14.5. The Hall–Kier alpha value is 1.01. The van der Waals surface area contributed by atoms with E-state index in [0.29, 0.717) is 0 Å². The van der Waals surface area contributed by atoms with Crippen LogP contribution in [0.2, 0.25) is 0 Å². The third-order valence-electron chi connectivity index (χ3n) is 0.775. The van der Waals surface area contributed by atoms with E-state index >= 15 is 0 Å². The van der Waals surface area contributed by atoms with Crippen LogP contribution in [0.1, 0.15) is 6.92 Å². The molecule has 0 bridgehead atoms. The van der Waals surface area contributed by atoms with E-state index in [1.165, 1.54) is 14.0 Å². The predicted octanol–water partition coefficient (Wildman–Crippen LogP) is 0.591. The van der Waals surface area contributed by atoms with E-state index in [1.807, 2.05) is 0 Å². The molecular weight excluding hydrogens is 196 g/mol. The number of nitrogens with one attached hydrogen (secondary N) is 1. The quantitative estimate of drug-likeness (QED) is 0.543. The fourth-order valence-corrected chi connectivity index (χ4v) is 2.18. The summed E-state index contributed by atoms with van der Waals surface area (Å²) in [5.74, 6) is -0.348. The van der Waals surface area contributed by atoms with Crippen molar-refractivity contribution in [3.8, 4) is 0 Å². The Morgan fingerprint density at radius 3 is 2.18 bits per heavy atom. The second kappa shape index (κ2) is 6.52. The van der Waals surface area contributed by atoms with Gasteiger partial charge >= 0.3 is 36.3 Å². The molecule has 0 aromatic rings. The Kier molecular flexibility index (Phi) is 8.61. The van der Waals surface area contributed by atoms with Gasteiger partial charge in [0, 0.05) is 14.0 Å². The van der Waals surface area contributed by atoms with Crippen molar-refractivity contribution in [2.24, 2.45) is 0 Å². The van der Waals surface area contributed by atoms with Gasteiger partial charge in [0.1, 0.15) is 0 Å². The van der Waals surface area contributed by atoms with Crippen LogP contribution in [0.3, 0.4) is 0 Å². The van der Waals surface area contributed by atoms with Crippen LogP contribution in [-0.4, -0.2) is 48.8 Å². The predicted molar refractivity (Wildman–Crippen MR) is 49.1 cm³/mol. The third-order valence-corrected chi connectivity index (χ3v) is 4.49. The summed E-state index contributed by atoms with van der Waals surface area (Å²) < 4.78 is 15.8. The maximum absolute atomic E-state index is 11.2. The van der Waals surface area contributed by atoms with E-state index in [1.54, 1.807) is 6.26 Å². The Morgan fingerprint density at radius 1 is 1.64 bits per heavy atom. The Balaban J connectivity index is 0. The molecule has 1 N–H and O–H groups in total. The summed E-state index contributed by atoms with van der Waals surface area (Å²) in [5.41, 5.74) is 0. The van der Waals surface area contributed by atoms with Crippen molar-refractivity contribution in [3.05, 3.63) is 0 Å². The molecule has 0 radical (unpaired) electrons. The molecule has 7 heteroatoms. The SMILES string of the molecule is COP(=O)(NC(C)=O)SC.[NaH]. The summed E-state index contributed by atoms with van der Waals surface area (Å²) in [6.07, 6.45) is 1.61. The molecule has 1 amide bonds. The molecule has 0 saturated heterocycles. The van der Waals surface area contributed by atoms with Gasteiger partial charge in [0.15, 0.2) is 0 Å². The monoisotopic (exact) mass is 207 g/mol. The molecular formula is C4H11NNaO3PS. The molecule has 0 rings (SSSR count). The number of rotatable bonds is 3. The molecule has 0 fully saturated rings. The molecule has 0 aromatic carbocycles. The molecule has 1 atom stereocenters. The fraction of sp³-hybridized carbons (Fsp3) is 0.750. The summed E-state index contributed by atoms with van der Waals surface area (Å²) in [6, 6.07) is 0. The zero-order chi connectivity index (χ0) is 8.20. The van der Waals surface area contributed by atoms with Crippen molar-refractivity contribution in [2.45, 2.75) is 6.92 Å². The number of hydrogen-bond donors (Lipinski definition) is 1. The molecule has 0 aliphatic rings. The van der Waals surface area contributed by atoms with Crippen LogP contribution >= 0.6 is 18.1 Å². The second-order valence-electron chi connectivity index (χ2n) is 1.53. The minimum absolute atomic E-state index is 0. The number of hydrogen-bond acceptors (Lipinski definition) is 4. The van der Waals surface area contributed by atoms with Gasteiger partial charge in [0.2, 0.25) is 5.91 Å². The average molecular weight is 207 g/mol. The van der Waals surface area contributed by atoms with Crippen molar-refractivity contribution in [2.75, 3.05) is 13.4 Å². The average Bonchev–Trinajstić information content (AvgIpc) is 1.87. The van der Waals surface area contributed by atoms with Gasteiger partial charge in [-0.05, 0) is 6.26 Å². The van der Waals surface area contributed by atoms with E-state index in [4.69, 9.17) is 0 Å². The topological polar surface area (TPSA) is 55.4 Å². The molecule has 11 heavy (non-hydrogen) atoms. The van der Waals surface area contributed by atoms with Crippen molar-refractivity contribution < 1.29 is 13.9 Å². The van der Waals surface area contributed by atoms with E-state index in [0.717, 1.165) is 11.4 Å². The zero-order valence-electron chi connectivity index (χ0n) is 6.08. The van der Waals surface area contributed by atoms with Crippen LogP contribution in [0, 0.1) is 0 Å². The first-order chi connectivity index (χ1) is 4.54. The molecule has 62 valence electrons. The first-order valence-electron chi connectivity index (χ1n) is 2.54. The van der Waals surface area contributed by atoms with E-state index in [-0.39, 0.29) is 35.5 Å². The standard InChI is InChI=1S/C4H10NO3PS.Na.H/c1-4(6)5-9(7,8-2)10-3;;/h1-3H3,(H,5,6,7);;. The number of amides is 1. The van der Waals surface area contributed by atoms with Crippen molar-refractivity contribution in [3.63, 3.8) is 0 Å². The van der Waals surface area contributed by atoms with Gasteiger partial charge in [-0.1, -0.05) is 11.4 Å². The summed E-state index contributed by atoms with van der Waals surface area (Å²) in [5, 5.41) is 2.21. The number of carbonyl (C=O) groups is 1. The van der Waals surface area contributed by atoms with Crippen LogP contribution in [0.25, 0.3) is 0 Å². The van der Waals surface area contributed by atoms with Crippen LogP contribution in [0.4, 0.5) is 0 Å². The Labute approximate surface area is 92.4 Å². The summed E-state index contributed by atoms with van der Waals surface area (Å²) in [6.45, 7) is -1.63. The molecule has 1 unspecified atom stereocenters. The Bertz CT molecular complexity index is 169. The Morgan fingerprint density at radius 2 is 2.09 bits per heavy atom. The maximum atomic E-state index is 11.2. The summed E-state index contributed by atoms with van der Waals surface area (Å²) in [7, 11) is 1.30. The van der Waals surface area contributed by atoms with E-state index in [9.17, 15) is 9.36 Å². The van der Waals surface area contributed by atoms with Crippen LogP contribution in [0.15, 0.2) is 0 Å². The minimum atomic E-state index is -2.92. The van der Waals surface area contributed by atoms with Crippen LogP contribution < -0.4 is 5.09 Å². The van der Waals surface area contributed by atoms with Gasteiger partial charge in [0.05, 0.1) is 0 Å². The zero-order valence-corrected chi connectivity index (χ0v) is 7.79. The van der Waals surface area contributed by atoms with Gasteiger partial charge in [-0.15, -0.1) is 0 Å². The molecule has 0 saturated carbocycles. The van der Waals surface area contributed by atoms with Gasteiger partial charge < -0.3 is 4.52 Å². The molecule has 0 aliphatic carbocycles. The van der Waals surface area contributed by atoms with Gasteiger partial charge in [-0.2, -0.15) is 0 Å². The molecule has 0 heterocycles. The fourth-order valence-electron chi connectivity index (χ4n) is 0.359. The third kappa shape index (κ3) is 6.20. The van der Waals surface area contributed by atoms with Gasteiger partial charge in [-0.3, -0.25) is 14.4 Å². The van der Waals surface area contributed by atoms with Crippen molar-refractivity contribution in [1.29, 1.82) is 0 Å². The van der Waals surface area contributed by atoms with Crippen molar-refractivity contribution >= 4 is 53.6 Å². The van der Waals surface area contributed by atoms with E-state index in [2.05, 4.69) is 9.61 Å². The second-order valence-corrected chi connectivity index (χ2v) is 6.02. The van der Waals surface area contributed by atoms with Gasteiger partial charge in [0.25, 0.3) is 0 Å². The first-order valence-corrected chi connectivity index (χ1v) is 6.00. The van der Waals surface area contributed by atoms with Crippen LogP contribution in [0.5, 0.6) is 0 Å². The van der Waals surface area contributed by atoms with Crippen LogP contribution in [-0.2, 0) is 13.9 Å². The summed E-state index contributed by atoms with van der Waals surface area (Å²) in [4.78, 5) is 10.4. The molecule has 0 aliphatic heterocycles. The number of carbonyl (C=O) groups excluding carboxylic acids is 1.